The summed E-state index contributed by atoms with van der Waals surface area (Å²) in [6.07, 6.45) is 0. The van der Waals surface area contributed by atoms with Crippen molar-refractivity contribution in [2.45, 2.75) is 12.0 Å². The Morgan fingerprint density at radius 2 is 1.73 bits per heavy atom. The molecule has 1 aliphatic heterocycles. The molecule has 2 amide bonds. The van der Waals surface area contributed by atoms with E-state index in [2.05, 4.69) is 0 Å². The van der Waals surface area contributed by atoms with Crippen molar-refractivity contribution in [1.82, 2.24) is 4.90 Å². The maximum atomic E-state index is 12.5. The van der Waals surface area contributed by atoms with Gasteiger partial charge < -0.3 is 16.4 Å². The summed E-state index contributed by atoms with van der Waals surface area (Å²) < 4.78 is 0. The van der Waals surface area contributed by atoms with E-state index in [1.165, 1.54) is 0 Å². The Morgan fingerprint density at radius 1 is 1.05 bits per heavy atom. The average molecular weight is 315 g/mol. The molecule has 0 bridgehead atoms. The van der Waals surface area contributed by atoms with Gasteiger partial charge in [-0.3, -0.25) is 9.59 Å². The second kappa shape index (κ2) is 5.90. The second-order valence-electron chi connectivity index (χ2n) is 5.42. The van der Waals surface area contributed by atoms with Crippen molar-refractivity contribution in [2.24, 2.45) is 11.5 Å². The number of likely N-dealkylation sites (tertiary alicyclic amines) is 1. The van der Waals surface area contributed by atoms with Gasteiger partial charge in [-0.15, -0.1) is 11.3 Å². The monoisotopic (exact) mass is 315 g/mol. The van der Waals surface area contributed by atoms with Gasteiger partial charge in [-0.2, -0.15) is 0 Å². The Bertz CT molecular complexity index is 698. The molecule has 1 aliphatic rings. The molecule has 1 fully saturated rings. The highest BCUT2D eigenvalue weighted by atomic mass is 32.1. The smallest absolute Gasteiger partial charge is 0.264 e. The fourth-order valence-electron chi connectivity index (χ4n) is 2.79. The van der Waals surface area contributed by atoms with Crippen molar-refractivity contribution in [3.8, 4) is 0 Å². The predicted octanol–water partition coefficient (Wildman–Crippen LogP) is 1.41. The fraction of sp³-hybridized carbons (Fsp3) is 0.250. The summed E-state index contributed by atoms with van der Waals surface area (Å²) in [7, 11) is 0. The summed E-state index contributed by atoms with van der Waals surface area (Å²) in [6.45, 7) is 1.11. The fourth-order valence-corrected chi connectivity index (χ4v) is 3.61. The highest BCUT2D eigenvalue weighted by Crippen LogP contribution is 2.28. The van der Waals surface area contributed by atoms with Crippen LogP contribution >= 0.6 is 11.3 Å². The maximum Gasteiger partial charge on any atom is 0.264 e. The lowest BCUT2D eigenvalue weighted by Crippen LogP contribution is -2.31. The van der Waals surface area contributed by atoms with Crippen LogP contribution in [0.3, 0.4) is 0 Å². The molecule has 2 aromatic rings. The summed E-state index contributed by atoms with van der Waals surface area (Å²) in [6, 6.07) is 13.1. The Labute approximate surface area is 132 Å². The third-order valence-electron chi connectivity index (χ3n) is 3.94. The normalized spacial score (nSPS) is 21.0. The highest BCUT2D eigenvalue weighted by molar-refractivity contribution is 7.15. The lowest BCUT2D eigenvalue weighted by molar-refractivity contribution is 0.0793. The van der Waals surface area contributed by atoms with E-state index in [0.717, 1.165) is 16.9 Å². The van der Waals surface area contributed by atoms with Crippen LogP contribution in [0.25, 0.3) is 0 Å². The van der Waals surface area contributed by atoms with Gasteiger partial charge in [0.2, 0.25) is 0 Å². The minimum atomic E-state index is -0.510. The van der Waals surface area contributed by atoms with Crippen LogP contribution in [0.15, 0.2) is 42.5 Å². The van der Waals surface area contributed by atoms with Gasteiger partial charge in [0.25, 0.3) is 11.8 Å². The molecule has 0 radical (unpaired) electrons. The number of carbonyl (C=O) groups is 2. The summed E-state index contributed by atoms with van der Waals surface area (Å²) in [4.78, 5) is 26.3. The van der Waals surface area contributed by atoms with Gasteiger partial charge in [0, 0.05) is 25.0 Å². The van der Waals surface area contributed by atoms with Crippen LogP contribution in [-0.2, 0) is 0 Å². The molecule has 4 N–H and O–H groups in total. The van der Waals surface area contributed by atoms with E-state index in [9.17, 15) is 9.59 Å². The van der Waals surface area contributed by atoms with Gasteiger partial charge in [-0.05, 0) is 17.7 Å². The second-order valence-corrected chi connectivity index (χ2v) is 6.50. The van der Waals surface area contributed by atoms with Crippen molar-refractivity contribution in [3.63, 3.8) is 0 Å². The Balaban J connectivity index is 1.76. The van der Waals surface area contributed by atoms with Gasteiger partial charge >= 0.3 is 0 Å². The molecule has 1 aromatic heterocycles. The zero-order valence-corrected chi connectivity index (χ0v) is 12.8. The van der Waals surface area contributed by atoms with E-state index in [4.69, 9.17) is 11.5 Å². The highest BCUT2D eigenvalue weighted by Gasteiger charge is 2.34. The number of primary amides is 1. The quantitative estimate of drug-likeness (QED) is 0.897. The number of rotatable bonds is 3. The Morgan fingerprint density at radius 3 is 2.36 bits per heavy atom. The standard InChI is InChI=1S/C16H17N3O2S/c17-12-9-19(8-11(12)10-4-2-1-3-5-10)16(21)14-7-6-13(22-14)15(18)20/h1-7,11-12H,8-9,17H2,(H2,18,20)/t11-,12+/m0/s1. The average Bonchev–Trinajstić information content (AvgIpc) is 3.14. The van der Waals surface area contributed by atoms with Crippen LogP contribution in [0.4, 0.5) is 0 Å². The van der Waals surface area contributed by atoms with Crippen LogP contribution in [0, 0.1) is 0 Å². The molecule has 1 aromatic carbocycles. The van der Waals surface area contributed by atoms with E-state index in [1.54, 1.807) is 17.0 Å². The van der Waals surface area contributed by atoms with E-state index in [1.807, 2.05) is 30.3 Å². The lowest BCUT2D eigenvalue weighted by atomic mass is 9.95. The third kappa shape index (κ3) is 2.75. The Hall–Kier alpha value is -2.18. The van der Waals surface area contributed by atoms with E-state index in [-0.39, 0.29) is 17.9 Å². The van der Waals surface area contributed by atoms with Crippen molar-refractivity contribution in [3.05, 3.63) is 57.8 Å². The maximum absolute atomic E-state index is 12.5. The first kappa shape index (κ1) is 14.7. The first-order chi connectivity index (χ1) is 10.6. The van der Waals surface area contributed by atoms with Crippen LogP contribution in [0.1, 0.15) is 30.8 Å². The third-order valence-corrected chi connectivity index (χ3v) is 5.03. The van der Waals surface area contributed by atoms with Crippen molar-refractivity contribution < 1.29 is 9.59 Å². The minimum Gasteiger partial charge on any atom is -0.365 e. The predicted molar refractivity (Wildman–Crippen MR) is 85.9 cm³/mol. The number of carbonyl (C=O) groups excluding carboxylic acids is 2. The minimum absolute atomic E-state index is 0.0816. The van der Waals surface area contributed by atoms with Gasteiger partial charge in [0.05, 0.1) is 9.75 Å². The molecule has 6 heteroatoms. The molecule has 2 heterocycles. The van der Waals surface area contributed by atoms with Gasteiger partial charge in [-0.1, -0.05) is 30.3 Å². The van der Waals surface area contributed by atoms with Gasteiger partial charge in [0.15, 0.2) is 0 Å². The van der Waals surface area contributed by atoms with E-state index < -0.39 is 5.91 Å². The molecule has 0 aliphatic carbocycles. The molecule has 5 nitrogen and oxygen atoms in total. The largest absolute Gasteiger partial charge is 0.365 e. The summed E-state index contributed by atoms with van der Waals surface area (Å²) in [5.41, 5.74) is 12.6. The molecule has 0 saturated carbocycles. The zero-order chi connectivity index (χ0) is 15.7. The lowest BCUT2D eigenvalue weighted by Gasteiger charge is -2.15. The molecule has 22 heavy (non-hydrogen) atoms. The molecular formula is C16H17N3O2S. The summed E-state index contributed by atoms with van der Waals surface area (Å²) in [5.74, 6) is -0.462. The number of thiophene rings is 1. The number of hydrogen-bond donors (Lipinski definition) is 2. The first-order valence-corrected chi connectivity index (χ1v) is 7.87. The van der Waals surface area contributed by atoms with Gasteiger partial charge in [-0.25, -0.2) is 0 Å². The van der Waals surface area contributed by atoms with Crippen LogP contribution < -0.4 is 11.5 Å². The molecule has 3 rings (SSSR count). The number of amides is 2. The number of benzene rings is 1. The summed E-state index contributed by atoms with van der Waals surface area (Å²) in [5, 5.41) is 0. The van der Waals surface area contributed by atoms with Crippen molar-refractivity contribution in [2.75, 3.05) is 13.1 Å². The van der Waals surface area contributed by atoms with Crippen LogP contribution in [0.5, 0.6) is 0 Å². The van der Waals surface area contributed by atoms with Gasteiger partial charge in [0.1, 0.15) is 0 Å². The number of nitrogens with zero attached hydrogens (tertiary/aromatic N) is 1. The van der Waals surface area contributed by atoms with Crippen LogP contribution in [-0.4, -0.2) is 35.8 Å². The first-order valence-electron chi connectivity index (χ1n) is 7.05. The number of nitrogens with two attached hydrogens (primary N) is 2. The topological polar surface area (TPSA) is 89.4 Å². The SMILES string of the molecule is NC(=O)c1ccc(C(=O)N2C[C@@H](N)[C@H](c3ccccc3)C2)s1. The molecule has 1 saturated heterocycles. The molecule has 0 spiro atoms. The number of hydrogen-bond acceptors (Lipinski definition) is 4. The molecular weight excluding hydrogens is 298 g/mol. The van der Waals surface area contributed by atoms with Crippen molar-refractivity contribution in [1.29, 1.82) is 0 Å². The molecule has 0 unspecified atom stereocenters. The summed E-state index contributed by atoms with van der Waals surface area (Å²) >= 11 is 1.13. The Kier molecular flexibility index (Phi) is 3.96. The van der Waals surface area contributed by atoms with Crippen molar-refractivity contribution >= 4 is 23.2 Å². The van der Waals surface area contributed by atoms with Crippen LogP contribution in [0.2, 0.25) is 0 Å². The molecule has 2 atom stereocenters. The van der Waals surface area contributed by atoms with E-state index in [0.29, 0.717) is 22.8 Å². The zero-order valence-electron chi connectivity index (χ0n) is 11.9. The molecule has 114 valence electrons. The van der Waals surface area contributed by atoms with E-state index >= 15 is 0 Å².